The molecule has 24 heavy (non-hydrogen) atoms. The van der Waals surface area contributed by atoms with E-state index in [0.717, 1.165) is 25.2 Å². The van der Waals surface area contributed by atoms with E-state index in [4.69, 9.17) is 4.74 Å². The topological polar surface area (TPSA) is 46.7 Å². The minimum absolute atomic E-state index is 0.0842. The molecule has 3 heteroatoms. The van der Waals surface area contributed by atoms with Crippen LogP contribution < -0.4 is 0 Å². The van der Waals surface area contributed by atoms with Crippen LogP contribution in [-0.2, 0) is 14.3 Å². The van der Waals surface area contributed by atoms with Crippen LogP contribution in [0.15, 0.2) is 0 Å². The van der Waals surface area contributed by atoms with E-state index in [-0.39, 0.29) is 28.5 Å². The lowest BCUT2D eigenvalue weighted by Crippen LogP contribution is -2.58. The first-order valence-electron chi connectivity index (χ1n) is 10.0. The van der Waals surface area contributed by atoms with Crippen LogP contribution in [0.3, 0.4) is 0 Å². The number of rotatable bonds is 1. The van der Waals surface area contributed by atoms with Gasteiger partial charge in [0.1, 0.15) is 17.5 Å². The van der Waals surface area contributed by atoms with Gasteiger partial charge in [-0.3, -0.25) is 9.59 Å². The number of hydrogen-bond donors (Lipinski definition) is 0. The van der Waals surface area contributed by atoms with Gasteiger partial charge in [-0.05, 0) is 75.0 Å². The average molecular weight is 330 g/mol. The third-order valence-electron chi connectivity index (χ3n) is 9.44. The lowest BCUT2D eigenvalue weighted by atomic mass is 9.44. The van der Waals surface area contributed by atoms with Gasteiger partial charge in [0, 0.05) is 17.8 Å². The first kappa shape index (κ1) is 15.5. The molecule has 1 aliphatic heterocycles. The highest BCUT2D eigenvalue weighted by atomic mass is 16.6. The van der Waals surface area contributed by atoms with Crippen LogP contribution in [0.5, 0.6) is 0 Å². The summed E-state index contributed by atoms with van der Waals surface area (Å²) in [4.78, 5) is 24.4. The molecule has 1 saturated heterocycles. The Morgan fingerprint density at radius 1 is 1.04 bits per heavy atom. The predicted molar refractivity (Wildman–Crippen MR) is 90.4 cm³/mol. The molecule has 0 N–H and O–H groups in total. The van der Waals surface area contributed by atoms with Crippen molar-refractivity contribution < 1.29 is 14.3 Å². The van der Waals surface area contributed by atoms with Crippen molar-refractivity contribution in [3.05, 3.63) is 0 Å². The van der Waals surface area contributed by atoms with Crippen LogP contribution in [0, 0.1) is 34.5 Å². The van der Waals surface area contributed by atoms with Gasteiger partial charge in [-0.2, -0.15) is 0 Å². The quantitative estimate of drug-likeness (QED) is 0.684. The zero-order chi connectivity index (χ0) is 16.9. The van der Waals surface area contributed by atoms with Crippen molar-refractivity contribution in [2.75, 3.05) is 0 Å². The van der Waals surface area contributed by atoms with E-state index in [1.807, 2.05) is 0 Å². The van der Waals surface area contributed by atoms with E-state index in [2.05, 4.69) is 13.8 Å². The van der Waals surface area contributed by atoms with Crippen molar-refractivity contribution in [3.63, 3.8) is 0 Å². The van der Waals surface area contributed by atoms with Gasteiger partial charge in [0.05, 0.1) is 0 Å². The van der Waals surface area contributed by atoms with E-state index in [1.165, 1.54) is 25.7 Å². The Morgan fingerprint density at radius 3 is 2.58 bits per heavy atom. The Kier molecular flexibility index (Phi) is 2.93. The third-order valence-corrected chi connectivity index (χ3v) is 9.44. The van der Waals surface area contributed by atoms with Gasteiger partial charge in [-0.1, -0.05) is 13.8 Å². The van der Waals surface area contributed by atoms with Crippen molar-refractivity contribution in [1.82, 2.24) is 0 Å². The molecule has 0 bridgehead atoms. The molecule has 8 unspecified atom stereocenters. The summed E-state index contributed by atoms with van der Waals surface area (Å²) in [5.41, 5.74) is 0.294. The minimum atomic E-state index is -0.115. The fraction of sp³-hybridized carbons (Fsp3) is 0.905. The highest BCUT2D eigenvalue weighted by Gasteiger charge is 2.76. The molecular weight excluding hydrogens is 300 g/mol. The first-order chi connectivity index (χ1) is 11.3. The van der Waals surface area contributed by atoms with Crippen LogP contribution in [0.25, 0.3) is 0 Å². The average Bonchev–Trinajstić information content (AvgIpc) is 3.17. The number of Topliss-reactive ketones (excluding diaryl/α,β-unsaturated/α-hetero) is 2. The van der Waals surface area contributed by atoms with Gasteiger partial charge >= 0.3 is 0 Å². The molecule has 0 aromatic carbocycles. The largest absolute Gasteiger partial charge is 0.357 e. The summed E-state index contributed by atoms with van der Waals surface area (Å²) >= 11 is 0. The van der Waals surface area contributed by atoms with E-state index >= 15 is 0 Å². The van der Waals surface area contributed by atoms with Crippen LogP contribution in [0.2, 0.25) is 0 Å². The lowest BCUT2D eigenvalue weighted by Gasteiger charge is -2.59. The van der Waals surface area contributed by atoms with E-state index in [0.29, 0.717) is 29.8 Å². The van der Waals surface area contributed by atoms with E-state index in [9.17, 15) is 9.59 Å². The number of ketones is 2. The zero-order valence-electron chi connectivity index (χ0n) is 15.3. The maximum Gasteiger partial charge on any atom is 0.164 e. The smallest absolute Gasteiger partial charge is 0.164 e. The molecule has 0 aromatic rings. The van der Waals surface area contributed by atoms with Crippen LogP contribution in [0.4, 0.5) is 0 Å². The van der Waals surface area contributed by atoms with Gasteiger partial charge in [-0.25, -0.2) is 0 Å². The van der Waals surface area contributed by atoms with Crippen molar-refractivity contribution in [3.8, 4) is 0 Å². The molecular formula is C21H30O3. The third kappa shape index (κ3) is 1.59. The summed E-state index contributed by atoms with van der Waals surface area (Å²) in [6.07, 6.45) is 8.66. The van der Waals surface area contributed by atoms with Gasteiger partial charge in [-0.15, -0.1) is 0 Å². The van der Waals surface area contributed by atoms with Crippen molar-refractivity contribution >= 4 is 11.6 Å². The van der Waals surface area contributed by atoms with Gasteiger partial charge in [0.15, 0.2) is 5.78 Å². The summed E-state index contributed by atoms with van der Waals surface area (Å²) in [6.45, 7) is 6.63. The molecule has 8 atom stereocenters. The normalized spacial score (nSPS) is 58.3. The van der Waals surface area contributed by atoms with E-state index < -0.39 is 0 Å². The Balaban J connectivity index is 1.49. The maximum atomic E-state index is 12.2. The molecule has 5 rings (SSSR count). The Labute approximate surface area is 144 Å². The number of epoxide rings is 1. The molecule has 4 aliphatic carbocycles. The Hall–Kier alpha value is -0.700. The van der Waals surface area contributed by atoms with Crippen molar-refractivity contribution in [2.24, 2.45) is 34.5 Å². The Bertz CT molecular complexity index is 627. The van der Waals surface area contributed by atoms with Crippen molar-refractivity contribution in [1.29, 1.82) is 0 Å². The zero-order valence-corrected chi connectivity index (χ0v) is 15.3. The van der Waals surface area contributed by atoms with Crippen LogP contribution in [-0.4, -0.2) is 23.3 Å². The molecule has 1 spiro atoms. The molecule has 132 valence electrons. The second-order valence-electron chi connectivity index (χ2n) is 9.97. The fourth-order valence-electron chi connectivity index (χ4n) is 8.17. The highest BCUT2D eigenvalue weighted by molar-refractivity contribution is 5.88. The molecule has 1 heterocycles. The summed E-state index contributed by atoms with van der Waals surface area (Å²) in [5.74, 6) is 3.17. The van der Waals surface area contributed by atoms with Gasteiger partial charge < -0.3 is 4.74 Å². The second-order valence-corrected chi connectivity index (χ2v) is 9.97. The molecule has 5 aliphatic rings. The van der Waals surface area contributed by atoms with E-state index in [1.54, 1.807) is 6.92 Å². The molecule has 0 aromatic heterocycles. The monoisotopic (exact) mass is 330 g/mol. The molecule has 5 fully saturated rings. The number of carbonyl (C=O) groups excluding carboxylic acids is 2. The maximum absolute atomic E-state index is 12.2. The SMILES string of the molecule is CC(=O)C1CCC2C3CCC45OC4C(=O)CCC5(C)C3CCC12C. The summed E-state index contributed by atoms with van der Waals surface area (Å²) in [5, 5.41) is 0. The number of carbonyl (C=O) groups is 2. The number of hydrogen-bond acceptors (Lipinski definition) is 3. The molecule has 0 amide bonds. The van der Waals surface area contributed by atoms with Crippen molar-refractivity contribution in [2.45, 2.75) is 83.8 Å². The summed E-state index contributed by atoms with van der Waals surface area (Å²) in [7, 11) is 0. The lowest BCUT2D eigenvalue weighted by molar-refractivity contribution is -0.137. The summed E-state index contributed by atoms with van der Waals surface area (Å²) < 4.78 is 6.13. The minimum Gasteiger partial charge on any atom is -0.357 e. The number of fused-ring (bicyclic) bond motifs is 4. The predicted octanol–water partition coefficient (Wildman–Crippen LogP) is 3.93. The number of ether oxygens (including phenoxy) is 1. The van der Waals surface area contributed by atoms with Gasteiger partial charge in [0.25, 0.3) is 0 Å². The fourth-order valence-corrected chi connectivity index (χ4v) is 8.17. The van der Waals surface area contributed by atoms with Crippen LogP contribution in [0.1, 0.15) is 72.1 Å². The Morgan fingerprint density at radius 2 is 1.83 bits per heavy atom. The summed E-state index contributed by atoms with van der Waals surface area (Å²) in [6, 6.07) is 0. The molecule has 3 nitrogen and oxygen atoms in total. The standard InChI is InChI=1S/C21H30O3/c1-12(22)14-4-5-15-13-6-11-21-18(24-21)17(23)8-10-20(21,3)16(13)7-9-19(14,15)2/h13-16,18H,4-11H2,1-3H3. The van der Waals surface area contributed by atoms with Gasteiger partial charge in [0.2, 0.25) is 0 Å². The molecule has 4 saturated carbocycles. The molecule has 0 radical (unpaired) electrons. The van der Waals surface area contributed by atoms with Crippen LogP contribution >= 0.6 is 0 Å². The highest BCUT2D eigenvalue weighted by Crippen LogP contribution is 2.72. The second kappa shape index (κ2) is 4.52. The first-order valence-corrected chi connectivity index (χ1v) is 10.0.